The van der Waals surface area contributed by atoms with E-state index < -0.39 is 0 Å². The van der Waals surface area contributed by atoms with Gasteiger partial charge < -0.3 is 14.4 Å². The van der Waals surface area contributed by atoms with E-state index in [4.69, 9.17) is 9.47 Å². The Morgan fingerprint density at radius 3 is 3.05 bits per heavy atom. The predicted molar refractivity (Wildman–Crippen MR) is 75.8 cm³/mol. The maximum Gasteiger partial charge on any atom is 0.231 e. The summed E-state index contributed by atoms with van der Waals surface area (Å²) in [5, 5.41) is 0. The third-order valence-electron chi connectivity index (χ3n) is 3.86. The number of hydrogen-bond acceptors (Lipinski definition) is 3. The second-order valence-electron chi connectivity index (χ2n) is 5.14. The average molecular weight is 273 g/mol. The Balaban J connectivity index is 1.58. The SMILES string of the molecule is CCC1C=CCN1C(=O)CCc1ccc2c(c1)OCO2. The van der Waals surface area contributed by atoms with Gasteiger partial charge >= 0.3 is 0 Å². The monoisotopic (exact) mass is 273 g/mol. The standard InChI is InChI=1S/C16H19NO3/c1-2-13-4-3-9-17(13)16(18)8-6-12-5-7-14-15(10-12)20-11-19-14/h3-5,7,10,13H,2,6,8-9,11H2,1H3. The highest BCUT2D eigenvalue weighted by atomic mass is 16.7. The molecule has 3 rings (SSSR count). The average Bonchev–Trinajstić information content (AvgIpc) is 3.12. The van der Waals surface area contributed by atoms with Crippen LogP contribution in [0.25, 0.3) is 0 Å². The minimum Gasteiger partial charge on any atom is -0.454 e. The van der Waals surface area contributed by atoms with Gasteiger partial charge in [-0.2, -0.15) is 0 Å². The van der Waals surface area contributed by atoms with Crippen molar-refractivity contribution in [1.29, 1.82) is 0 Å². The van der Waals surface area contributed by atoms with Crippen LogP contribution in [0.5, 0.6) is 11.5 Å². The summed E-state index contributed by atoms with van der Waals surface area (Å²) in [6.07, 6.45) is 6.46. The number of benzene rings is 1. The Morgan fingerprint density at radius 2 is 2.20 bits per heavy atom. The molecule has 2 aliphatic heterocycles. The third kappa shape index (κ3) is 2.50. The van der Waals surface area contributed by atoms with E-state index in [1.165, 1.54) is 0 Å². The van der Waals surface area contributed by atoms with Crippen molar-refractivity contribution in [2.75, 3.05) is 13.3 Å². The van der Waals surface area contributed by atoms with E-state index in [0.29, 0.717) is 6.42 Å². The summed E-state index contributed by atoms with van der Waals surface area (Å²) in [6.45, 7) is 3.15. The minimum absolute atomic E-state index is 0.222. The number of carbonyl (C=O) groups is 1. The summed E-state index contributed by atoms with van der Waals surface area (Å²) in [5.74, 6) is 1.79. The number of carbonyl (C=O) groups excluding carboxylic acids is 1. The van der Waals surface area contributed by atoms with Crippen LogP contribution in [0.3, 0.4) is 0 Å². The van der Waals surface area contributed by atoms with Gasteiger partial charge in [-0.3, -0.25) is 4.79 Å². The van der Waals surface area contributed by atoms with Crippen LogP contribution in [-0.2, 0) is 11.2 Å². The number of ether oxygens (including phenoxy) is 2. The second-order valence-corrected chi connectivity index (χ2v) is 5.14. The zero-order chi connectivity index (χ0) is 13.9. The van der Waals surface area contributed by atoms with E-state index in [0.717, 1.165) is 36.4 Å². The second kappa shape index (κ2) is 5.57. The molecule has 0 aliphatic carbocycles. The number of nitrogens with zero attached hydrogens (tertiary/aromatic N) is 1. The first kappa shape index (κ1) is 13.0. The fraction of sp³-hybridized carbons (Fsp3) is 0.438. The van der Waals surface area contributed by atoms with Crippen molar-refractivity contribution in [1.82, 2.24) is 4.90 Å². The Kier molecular flexibility index (Phi) is 3.63. The lowest BCUT2D eigenvalue weighted by Crippen LogP contribution is -2.35. The zero-order valence-electron chi connectivity index (χ0n) is 11.7. The fourth-order valence-corrected chi connectivity index (χ4v) is 2.71. The van der Waals surface area contributed by atoms with E-state index in [1.54, 1.807) is 0 Å². The largest absolute Gasteiger partial charge is 0.454 e. The predicted octanol–water partition coefficient (Wildman–Crippen LogP) is 2.52. The molecule has 0 fully saturated rings. The molecule has 0 saturated carbocycles. The first-order valence-electron chi connectivity index (χ1n) is 7.12. The quantitative estimate of drug-likeness (QED) is 0.791. The Morgan fingerprint density at radius 1 is 1.35 bits per heavy atom. The molecule has 0 radical (unpaired) electrons. The summed E-state index contributed by atoms with van der Waals surface area (Å²) in [4.78, 5) is 14.2. The van der Waals surface area contributed by atoms with Crippen molar-refractivity contribution >= 4 is 5.91 Å². The van der Waals surface area contributed by atoms with Gasteiger partial charge in [-0.25, -0.2) is 0 Å². The van der Waals surface area contributed by atoms with E-state index >= 15 is 0 Å². The molecule has 1 aromatic rings. The molecule has 0 aromatic heterocycles. The highest BCUT2D eigenvalue weighted by Gasteiger charge is 2.22. The van der Waals surface area contributed by atoms with Crippen molar-refractivity contribution in [3.63, 3.8) is 0 Å². The van der Waals surface area contributed by atoms with Gasteiger partial charge in [-0.15, -0.1) is 0 Å². The van der Waals surface area contributed by atoms with Gasteiger partial charge in [0.2, 0.25) is 12.7 Å². The van der Waals surface area contributed by atoms with Crippen LogP contribution in [0.2, 0.25) is 0 Å². The lowest BCUT2D eigenvalue weighted by Gasteiger charge is -2.23. The fourth-order valence-electron chi connectivity index (χ4n) is 2.71. The third-order valence-corrected chi connectivity index (χ3v) is 3.86. The number of amides is 1. The zero-order valence-corrected chi connectivity index (χ0v) is 11.7. The van der Waals surface area contributed by atoms with Gasteiger partial charge in [-0.1, -0.05) is 25.1 Å². The molecule has 20 heavy (non-hydrogen) atoms. The summed E-state index contributed by atoms with van der Waals surface area (Å²) in [7, 11) is 0. The summed E-state index contributed by atoms with van der Waals surface area (Å²) < 4.78 is 10.6. The summed E-state index contributed by atoms with van der Waals surface area (Å²) in [5.41, 5.74) is 1.11. The van der Waals surface area contributed by atoms with Crippen LogP contribution >= 0.6 is 0 Å². The smallest absolute Gasteiger partial charge is 0.231 e. The molecule has 4 nitrogen and oxygen atoms in total. The lowest BCUT2D eigenvalue weighted by molar-refractivity contribution is -0.131. The van der Waals surface area contributed by atoms with Crippen LogP contribution in [0.4, 0.5) is 0 Å². The maximum atomic E-state index is 12.3. The molecule has 1 aromatic carbocycles. The topological polar surface area (TPSA) is 38.8 Å². The molecule has 1 atom stereocenters. The van der Waals surface area contributed by atoms with Crippen LogP contribution in [0.1, 0.15) is 25.3 Å². The van der Waals surface area contributed by atoms with E-state index in [9.17, 15) is 4.79 Å². The van der Waals surface area contributed by atoms with Crippen LogP contribution in [-0.4, -0.2) is 30.2 Å². The van der Waals surface area contributed by atoms with Crippen LogP contribution in [0.15, 0.2) is 30.4 Å². The van der Waals surface area contributed by atoms with Crippen molar-refractivity contribution in [3.05, 3.63) is 35.9 Å². The van der Waals surface area contributed by atoms with Gasteiger partial charge in [0.25, 0.3) is 0 Å². The maximum absolute atomic E-state index is 12.3. The summed E-state index contributed by atoms with van der Waals surface area (Å²) >= 11 is 0. The normalized spacial score (nSPS) is 19.6. The van der Waals surface area contributed by atoms with E-state index in [1.807, 2.05) is 23.1 Å². The number of hydrogen-bond donors (Lipinski definition) is 0. The Bertz CT molecular complexity index is 539. The van der Waals surface area contributed by atoms with Crippen LogP contribution in [0, 0.1) is 0 Å². The number of fused-ring (bicyclic) bond motifs is 1. The van der Waals surface area contributed by atoms with Gasteiger partial charge in [0.05, 0.1) is 6.04 Å². The molecule has 2 heterocycles. The molecule has 2 aliphatic rings. The van der Waals surface area contributed by atoms with Gasteiger partial charge in [0.15, 0.2) is 11.5 Å². The van der Waals surface area contributed by atoms with E-state index in [-0.39, 0.29) is 18.7 Å². The molecule has 1 unspecified atom stereocenters. The number of aryl methyl sites for hydroxylation is 1. The molecule has 0 spiro atoms. The highest BCUT2D eigenvalue weighted by molar-refractivity contribution is 5.77. The van der Waals surface area contributed by atoms with Crippen molar-refractivity contribution in [2.45, 2.75) is 32.2 Å². The molecule has 4 heteroatoms. The number of rotatable bonds is 4. The molecule has 0 bridgehead atoms. The molecule has 0 saturated heterocycles. The van der Waals surface area contributed by atoms with Crippen molar-refractivity contribution < 1.29 is 14.3 Å². The minimum atomic E-state index is 0.222. The lowest BCUT2D eigenvalue weighted by atomic mass is 10.1. The summed E-state index contributed by atoms with van der Waals surface area (Å²) in [6, 6.07) is 6.16. The molecular formula is C16H19NO3. The first-order chi connectivity index (χ1) is 9.78. The highest BCUT2D eigenvalue weighted by Crippen LogP contribution is 2.32. The van der Waals surface area contributed by atoms with Gasteiger partial charge in [0, 0.05) is 13.0 Å². The van der Waals surface area contributed by atoms with Crippen LogP contribution < -0.4 is 9.47 Å². The molecule has 1 amide bonds. The van der Waals surface area contributed by atoms with Gasteiger partial charge in [0.1, 0.15) is 0 Å². The Labute approximate surface area is 119 Å². The molecule has 106 valence electrons. The molecular weight excluding hydrogens is 254 g/mol. The van der Waals surface area contributed by atoms with Gasteiger partial charge in [-0.05, 0) is 30.5 Å². The van der Waals surface area contributed by atoms with Crippen molar-refractivity contribution in [2.24, 2.45) is 0 Å². The van der Waals surface area contributed by atoms with E-state index in [2.05, 4.69) is 19.1 Å². The molecule has 0 N–H and O–H groups in total. The van der Waals surface area contributed by atoms with Crippen molar-refractivity contribution in [3.8, 4) is 11.5 Å². The Hall–Kier alpha value is -1.97. The first-order valence-corrected chi connectivity index (χ1v) is 7.12.